The molecule has 0 radical (unpaired) electrons. The zero-order valence-electron chi connectivity index (χ0n) is 16.8. The number of thiophene rings is 1. The summed E-state index contributed by atoms with van der Waals surface area (Å²) in [4.78, 5) is 1.82. The molecule has 160 valence electrons. The highest BCUT2D eigenvalue weighted by Crippen LogP contribution is 2.38. The summed E-state index contributed by atoms with van der Waals surface area (Å²) in [5.41, 5.74) is 1.58. The zero-order chi connectivity index (χ0) is 22.4. The van der Waals surface area contributed by atoms with E-state index in [0.717, 1.165) is 21.0 Å². The van der Waals surface area contributed by atoms with Crippen LogP contribution in [0.5, 0.6) is 0 Å². The van der Waals surface area contributed by atoms with E-state index in [2.05, 4.69) is 5.10 Å². The normalized spacial score (nSPS) is 12.3. The maximum atomic E-state index is 11.7. The molecule has 0 saturated carbocycles. The average Bonchev–Trinajstić information content (AvgIpc) is 3.35. The number of sulfonamides is 1. The molecule has 2 aromatic carbocycles. The Morgan fingerprint density at radius 1 is 1.03 bits per heavy atom. The first-order valence-corrected chi connectivity index (χ1v) is 12.1. The lowest BCUT2D eigenvalue weighted by molar-refractivity contribution is 0.0734. The van der Waals surface area contributed by atoms with Crippen LogP contribution in [-0.4, -0.2) is 23.3 Å². The Bertz CT molecular complexity index is 1370. The van der Waals surface area contributed by atoms with Crippen molar-refractivity contribution < 1.29 is 13.5 Å². The molecular weight excluding hydrogens is 454 g/mol. The monoisotopic (exact) mass is 473 g/mol. The predicted molar refractivity (Wildman–Crippen MR) is 124 cm³/mol. The largest absolute Gasteiger partial charge is 0.384 e. The molecule has 0 amide bonds. The number of nitrogens with two attached hydrogens (primary N) is 1. The van der Waals surface area contributed by atoms with Gasteiger partial charge in [-0.1, -0.05) is 35.9 Å². The van der Waals surface area contributed by atoms with E-state index in [1.54, 1.807) is 36.7 Å². The van der Waals surface area contributed by atoms with Crippen LogP contribution in [0.25, 0.3) is 26.7 Å². The molecule has 0 aliphatic rings. The van der Waals surface area contributed by atoms with Crippen LogP contribution in [0.4, 0.5) is 0 Å². The number of hydrogen-bond donors (Lipinski definition) is 2. The van der Waals surface area contributed by atoms with Gasteiger partial charge in [-0.3, -0.25) is 0 Å². The van der Waals surface area contributed by atoms with Crippen LogP contribution in [0.2, 0.25) is 5.02 Å². The smallest absolute Gasteiger partial charge is 0.238 e. The number of nitrogens with zero attached hydrogens (tertiary/aromatic N) is 2. The van der Waals surface area contributed by atoms with Crippen molar-refractivity contribution in [2.75, 3.05) is 0 Å². The summed E-state index contributed by atoms with van der Waals surface area (Å²) >= 11 is 7.89. The first-order chi connectivity index (χ1) is 14.5. The molecule has 0 bridgehead atoms. The fraction of sp³-hybridized carbons (Fsp3) is 0.136. The molecule has 0 fully saturated rings. The molecule has 2 aromatic heterocycles. The van der Waals surface area contributed by atoms with Gasteiger partial charge in [-0.15, -0.1) is 11.3 Å². The molecule has 4 rings (SSSR count). The third kappa shape index (κ3) is 4.44. The molecule has 4 aromatic rings. The Hall–Kier alpha value is -2.49. The molecule has 3 N–H and O–H groups in total. The Kier molecular flexibility index (Phi) is 5.53. The lowest BCUT2D eigenvalue weighted by Gasteiger charge is -2.13. The van der Waals surface area contributed by atoms with Crippen molar-refractivity contribution in [1.29, 1.82) is 0 Å². The Labute approximate surface area is 189 Å². The van der Waals surface area contributed by atoms with Crippen LogP contribution in [0.15, 0.2) is 71.6 Å². The standard InChI is InChI=1S/C22H20ClN3O3S2/c1-22(2,27)21-13-18(26(25-21)17-9-4-3-8-16(17)23)20-11-10-19(30-20)14-6-5-7-15(12-14)31(24,28)29/h3-13,27H,1-2H3,(H2,24,28,29). The molecule has 9 heteroatoms. The van der Waals surface area contributed by atoms with Gasteiger partial charge in [-0.2, -0.15) is 5.10 Å². The molecule has 2 heterocycles. The van der Waals surface area contributed by atoms with Crippen molar-refractivity contribution in [1.82, 2.24) is 9.78 Å². The molecule has 0 aliphatic carbocycles. The Morgan fingerprint density at radius 2 is 1.74 bits per heavy atom. The van der Waals surface area contributed by atoms with Crippen LogP contribution in [0.3, 0.4) is 0 Å². The van der Waals surface area contributed by atoms with Gasteiger partial charge in [-0.25, -0.2) is 18.2 Å². The van der Waals surface area contributed by atoms with E-state index in [1.165, 1.54) is 17.4 Å². The molecule has 0 aliphatic heterocycles. The van der Waals surface area contributed by atoms with Gasteiger partial charge in [0, 0.05) is 4.88 Å². The van der Waals surface area contributed by atoms with E-state index < -0.39 is 15.6 Å². The fourth-order valence-electron chi connectivity index (χ4n) is 3.12. The van der Waals surface area contributed by atoms with E-state index in [1.807, 2.05) is 42.5 Å². The van der Waals surface area contributed by atoms with Crippen LogP contribution in [-0.2, 0) is 15.6 Å². The molecule has 0 unspecified atom stereocenters. The summed E-state index contributed by atoms with van der Waals surface area (Å²) in [5, 5.41) is 20.9. The molecule has 0 saturated heterocycles. The highest BCUT2D eigenvalue weighted by atomic mass is 35.5. The van der Waals surface area contributed by atoms with E-state index in [-0.39, 0.29) is 4.90 Å². The maximum Gasteiger partial charge on any atom is 0.238 e. The van der Waals surface area contributed by atoms with Crippen molar-refractivity contribution in [3.63, 3.8) is 0 Å². The fourth-order valence-corrected chi connectivity index (χ4v) is 4.90. The topological polar surface area (TPSA) is 98.2 Å². The second-order valence-corrected chi connectivity index (χ2v) is 10.6. The number of rotatable bonds is 5. The summed E-state index contributed by atoms with van der Waals surface area (Å²) in [6.07, 6.45) is 0. The van der Waals surface area contributed by atoms with E-state index in [0.29, 0.717) is 16.4 Å². The summed E-state index contributed by atoms with van der Waals surface area (Å²) in [6, 6.07) is 19.5. The van der Waals surface area contributed by atoms with Crippen LogP contribution >= 0.6 is 22.9 Å². The third-order valence-electron chi connectivity index (χ3n) is 4.72. The lowest BCUT2D eigenvalue weighted by atomic mass is 10.1. The number of aromatic nitrogens is 2. The van der Waals surface area contributed by atoms with Crippen LogP contribution < -0.4 is 5.14 Å². The maximum absolute atomic E-state index is 11.7. The highest BCUT2D eigenvalue weighted by Gasteiger charge is 2.24. The number of hydrogen-bond acceptors (Lipinski definition) is 5. The number of aliphatic hydroxyl groups is 1. The lowest BCUT2D eigenvalue weighted by Crippen LogP contribution is -2.16. The second-order valence-electron chi connectivity index (χ2n) is 7.57. The average molecular weight is 474 g/mol. The molecule has 31 heavy (non-hydrogen) atoms. The first kappa shape index (κ1) is 21.7. The summed E-state index contributed by atoms with van der Waals surface area (Å²) in [6.45, 7) is 3.35. The molecule has 6 nitrogen and oxygen atoms in total. The molecule has 0 spiro atoms. The minimum atomic E-state index is -3.79. The van der Waals surface area contributed by atoms with Crippen molar-refractivity contribution in [3.05, 3.63) is 77.4 Å². The van der Waals surface area contributed by atoms with Crippen molar-refractivity contribution in [2.24, 2.45) is 5.14 Å². The second kappa shape index (κ2) is 7.89. The Morgan fingerprint density at radius 3 is 2.42 bits per heavy atom. The van der Waals surface area contributed by atoms with Crippen LogP contribution in [0, 0.1) is 0 Å². The number of halogens is 1. The van der Waals surface area contributed by atoms with Gasteiger partial charge < -0.3 is 5.11 Å². The summed E-state index contributed by atoms with van der Waals surface area (Å²) < 4.78 is 25.1. The Balaban J connectivity index is 1.84. The molecular formula is C22H20ClN3O3S2. The van der Waals surface area contributed by atoms with Crippen molar-refractivity contribution >= 4 is 33.0 Å². The quantitative estimate of drug-likeness (QED) is 0.435. The van der Waals surface area contributed by atoms with Gasteiger partial charge in [0.15, 0.2) is 0 Å². The zero-order valence-corrected chi connectivity index (χ0v) is 19.2. The van der Waals surface area contributed by atoms with Gasteiger partial charge in [0.25, 0.3) is 0 Å². The summed E-state index contributed by atoms with van der Waals surface area (Å²) in [5.74, 6) is 0. The van der Waals surface area contributed by atoms with Crippen LogP contribution in [0.1, 0.15) is 19.5 Å². The first-order valence-electron chi connectivity index (χ1n) is 9.35. The number of para-hydroxylation sites is 1. The van der Waals surface area contributed by atoms with Crippen molar-refractivity contribution in [2.45, 2.75) is 24.3 Å². The minimum Gasteiger partial charge on any atom is -0.384 e. The number of benzene rings is 2. The van der Waals surface area contributed by atoms with E-state index in [4.69, 9.17) is 16.7 Å². The summed E-state index contributed by atoms with van der Waals surface area (Å²) in [7, 11) is -3.79. The van der Waals surface area contributed by atoms with Gasteiger partial charge in [0.1, 0.15) is 5.60 Å². The number of primary sulfonamides is 1. The van der Waals surface area contributed by atoms with Gasteiger partial charge in [-0.05, 0) is 61.9 Å². The van der Waals surface area contributed by atoms with Gasteiger partial charge in [0.05, 0.1) is 31.9 Å². The minimum absolute atomic E-state index is 0.0605. The van der Waals surface area contributed by atoms with E-state index in [9.17, 15) is 13.5 Å². The van der Waals surface area contributed by atoms with Gasteiger partial charge >= 0.3 is 0 Å². The SMILES string of the molecule is CC(C)(O)c1cc(-c2ccc(-c3cccc(S(N)(=O)=O)c3)s2)n(-c2ccccc2Cl)n1. The third-order valence-corrected chi connectivity index (χ3v) is 7.11. The van der Waals surface area contributed by atoms with Crippen molar-refractivity contribution in [3.8, 4) is 26.7 Å². The highest BCUT2D eigenvalue weighted by molar-refractivity contribution is 7.89. The molecule has 0 atom stereocenters. The van der Waals surface area contributed by atoms with E-state index >= 15 is 0 Å². The van der Waals surface area contributed by atoms with Gasteiger partial charge in [0.2, 0.25) is 10.0 Å². The predicted octanol–water partition coefficient (Wildman–Crippen LogP) is 4.80.